The molecule has 1 nitrogen and oxygen atoms in total. The molecular weight excluding hydrogens is 292 g/mol. The summed E-state index contributed by atoms with van der Waals surface area (Å²) in [4.78, 5) is 0. The van der Waals surface area contributed by atoms with Gasteiger partial charge in [-0.25, -0.2) is 0 Å². The Hall–Kier alpha value is -2.54. The van der Waals surface area contributed by atoms with Crippen LogP contribution in [-0.4, -0.2) is 0 Å². The van der Waals surface area contributed by atoms with Crippen LogP contribution >= 0.6 is 0 Å². The van der Waals surface area contributed by atoms with Gasteiger partial charge < -0.3 is 4.42 Å². The van der Waals surface area contributed by atoms with Crippen molar-refractivity contribution in [3.63, 3.8) is 0 Å². The zero-order chi connectivity index (χ0) is 16.4. The van der Waals surface area contributed by atoms with E-state index in [0.29, 0.717) is 5.92 Å². The molecule has 0 bridgehead atoms. The Balaban J connectivity index is 0.000000252. The summed E-state index contributed by atoms with van der Waals surface area (Å²) in [5.74, 6) is 0.702. The maximum absolute atomic E-state index is 4.58. The van der Waals surface area contributed by atoms with E-state index in [4.69, 9.17) is 0 Å². The highest BCUT2D eigenvalue weighted by Crippen LogP contribution is 2.38. The maximum Gasteiger partial charge on any atom is 0.0902 e. The normalized spacial score (nSPS) is 16.5. The maximum atomic E-state index is 4.58. The van der Waals surface area contributed by atoms with Crippen molar-refractivity contribution in [2.75, 3.05) is 0 Å². The molecule has 0 saturated carbocycles. The van der Waals surface area contributed by atoms with Crippen LogP contribution in [0.4, 0.5) is 0 Å². The molecule has 4 aromatic rings. The van der Waals surface area contributed by atoms with Crippen LogP contribution in [0.25, 0.3) is 21.5 Å². The molecule has 0 fully saturated rings. The topological polar surface area (TPSA) is 13.1 Å². The molecule has 24 heavy (non-hydrogen) atoms. The van der Waals surface area contributed by atoms with Gasteiger partial charge in [0.05, 0.1) is 12.5 Å². The van der Waals surface area contributed by atoms with Crippen LogP contribution < -0.4 is 0 Å². The summed E-state index contributed by atoms with van der Waals surface area (Å²) >= 11 is 0. The van der Waals surface area contributed by atoms with Crippen molar-refractivity contribution in [1.82, 2.24) is 0 Å². The smallest absolute Gasteiger partial charge is 0.0902 e. The second-order valence-electron chi connectivity index (χ2n) is 6.61. The van der Waals surface area contributed by atoms with E-state index in [0.717, 1.165) is 0 Å². The van der Waals surface area contributed by atoms with Crippen molar-refractivity contribution in [1.29, 1.82) is 0 Å². The van der Waals surface area contributed by atoms with Crippen molar-refractivity contribution in [3.8, 4) is 0 Å². The van der Waals surface area contributed by atoms with Crippen LogP contribution in [0.2, 0.25) is 0 Å². The van der Waals surface area contributed by atoms with E-state index >= 15 is 0 Å². The number of furan rings is 1. The molecule has 5 rings (SSSR count). The van der Waals surface area contributed by atoms with Crippen molar-refractivity contribution >= 4 is 21.5 Å². The first-order chi connectivity index (χ1) is 11.8. The minimum absolute atomic E-state index is 0.702. The zero-order valence-corrected chi connectivity index (χ0v) is 14.0. The Labute approximate surface area is 142 Å². The Bertz CT molecular complexity index is 933. The van der Waals surface area contributed by atoms with E-state index in [1.54, 1.807) is 23.7 Å². The fourth-order valence-corrected chi connectivity index (χ4v) is 3.93. The molecule has 1 aromatic heterocycles. The minimum atomic E-state index is 0.702. The molecule has 120 valence electrons. The average Bonchev–Trinajstić information content (AvgIpc) is 3.21. The Kier molecular flexibility index (Phi) is 4.08. The monoisotopic (exact) mass is 314 g/mol. The predicted octanol–water partition coefficient (Wildman–Crippen LogP) is 6.71. The summed E-state index contributed by atoms with van der Waals surface area (Å²) in [5, 5.41) is 5.63. The molecule has 1 atom stereocenters. The Morgan fingerprint density at radius 2 is 1.58 bits per heavy atom. The van der Waals surface area contributed by atoms with E-state index in [-0.39, 0.29) is 0 Å². The summed E-state index contributed by atoms with van der Waals surface area (Å²) in [6.07, 6.45) is 7.18. The predicted molar refractivity (Wildman–Crippen MR) is 102 cm³/mol. The number of benzene rings is 3. The molecule has 1 aliphatic rings. The van der Waals surface area contributed by atoms with Crippen LogP contribution in [0.5, 0.6) is 0 Å². The highest BCUT2D eigenvalue weighted by Gasteiger charge is 2.19. The van der Waals surface area contributed by atoms with Gasteiger partial charge in [-0.3, -0.25) is 0 Å². The molecule has 0 radical (unpaired) electrons. The average molecular weight is 314 g/mol. The first kappa shape index (κ1) is 15.0. The highest BCUT2D eigenvalue weighted by atomic mass is 16.3. The molecule has 0 amide bonds. The Morgan fingerprint density at radius 3 is 2.38 bits per heavy atom. The number of hydrogen-bond acceptors (Lipinski definition) is 1. The van der Waals surface area contributed by atoms with E-state index in [1.165, 1.54) is 40.8 Å². The third-order valence-electron chi connectivity index (χ3n) is 5.06. The second-order valence-corrected chi connectivity index (χ2v) is 6.61. The molecule has 1 heteroatoms. The summed E-state index contributed by atoms with van der Waals surface area (Å²) < 4.78 is 4.58. The number of hydrogen-bond donors (Lipinski definition) is 0. The van der Waals surface area contributed by atoms with Gasteiger partial charge in [-0.05, 0) is 70.0 Å². The molecule has 3 aromatic carbocycles. The lowest BCUT2D eigenvalue weighted by Gasteiger charge is -2.24. The van der Waals surface area contributed by atoms with Gasteiger partial charge in [0, 0.05) is 0 Å². The molecule has 0 N–H and O–H groups in total. The molecule has 0 spiro atoms. The van der Waals surface area contributed by atoms with Crippen LogP contribution in [0.1, 0.15) is 36.8 Å². The molecular formula is C23H22O. The quantitative estimate of drug-likeness (QED) is 0.329. The number of aryl methyl sites for hydroxylation is 1. The highest BCUT2D eigenvalue weighted by molar-refractivity contribution is 6.08. The SMILES string of the molecule is CC1CCCc2ccc3c(ccc4ccccc43)c21.c1ccoc1. The second kappa shape index (κ2) is 6.52. The molecule has 1 aliphatic carbocycles. The molecule has 1 heterocycles. The lowest BCUT2D eigenvalue weighted by atomic mass is 9.80. The van der Waals surface area contributed by atoms with Crippen LogP contribution in [0, 0.1) is 0 Å². The van der Waals surface area contributed by atoms with Crippen molar-refractivity contribution in [2.45, 2.75) is 32.1 Å². The van der Waals surface area contributed by atoms with Gasteiger partial charge in [0.1, 0.15) is 0 Å². The standard InChI is InChI=1S/C19H18.C4H4O/c1-13-5-4-7-15-10-11-17-16-8-3-2-6-14(16)9-12-18(17)19(13)15;1-2-4-5-3-1/h2-3,6,8-13H,4-5,7H2,1H3;1-4H. The van der Waals surface area contributed by atoms with Crippen molar-refractivity contribution in [2.24, 2.45) is 0 Å². The van der Waals surface area contributed by atoms with Crippen LogP contribution in [0.3, 0.4) is 0 Å². The summed E-state index contributed by atoms with van der Waals surface area (Å²) in [5.41, 5.74) is 3.18. The van der Waals surface area contributed by atoms with Gasteiger partial charge in [0.15, 0.2) is 0 Å². The Morgan fingerprint density at radius 1 is 0.792 bits per heavy atom. The van der Waals surface area contributed by atoms with E-state index < -0.39 is 0 Å². The lowest BCUT2D eigenvalue weighted by molar-refractivity contribution is 0.567. The van der Waals surface area contributed by atoms with E-state index in [2.05, 4.69) is 59.9 Å². The van der Waals surface area contributed by atoms with Crippen LogP contribution in [-0.2, 0) is 6.42 Å². The van der Waals surface area contributed by atoms with Crippen molar-refractivity contribution < 1.29 is 4.42 Å². The largest absolute Gasteiger partial charge is 0.473 e. The van der Waals surface area contributed by atoms with Crippen LogP contribution in [0.15, 0.2) is 77.6 Å². The third kappa shape index (κ3) is 2.71. The summed E-state index contributed by atoms with van der Waals surface area (Å²) in [6, 6.07) is 21.7. The summed E-state index contributed by atoms with van der Waals surface area (Å²) in [6.45, 7) is 2.38. The van der Waals surface area contributed by atoms with Gasteiger partial charge in [0.2, 0.25) is 0 Å². The van der Waals surface area contributed by atoms with E-state index in [1.807, 2.05) is 12.1 Å². The first-order valence-electron chi connectivity index (χ1n) is 8.75. The van der Waals surface area contributed by atoms with Gasteiger partial charge in [-0.1, -0.05) is 55.5 Å². The number of rotatable bonds is 0. The molecule has 1 unspecified atom stereocenters. The zero-order valence-electron chi connectivity index (χ0n) is 14.0. The van der Waals surface area contributed by atoms with Gasteiger partial charge in [0.25, 0.3) is 0 Å². The van der Waals surface area contributed by atoms with E-state index in [9.17, 15) is 0 Å². The molecule has 0 aliphatic heterocycles. The lowest BCUT2D eigenvalue weighted by Crippen LogP contribution is -2.07. The third-order valence-corrected chi connectivity index (χ3v) is 5.06. The van der Waals surface area contributed by atoms with Gasteiger partial charge in [-0.15, -0.1) is 0 Å². The summed E-state index contributed by atoms with van der Waals surface area (Å²) in [7, 11) is 0. The fraction of sp³-hybridized carbons (Fsp3) is 0.217. The van der Waals surface area contributed by atoms with Crippen molar-refractivity contribution in [3.05, 3.63) is 84.3 Å². The molecule has 0 saturated heterocycles. The van der Waals surface area contributed by atoms with Gasteiger partial charge >= 0.3 is 0 Å². The minimum Gasteiger partial charge on any atom is -0.473 e. The number of fused-ring (bicyclic) bond motifs is 5. The fourth-order valence-electron chi connectivity index (χ4n) is 3.93. The first-order valence-corrected chi connectivity index (χ1v) is 8.75. The van der Waals surface area contributed by atoms with Gasteiger partial charge in [-0.2, -0.15) is 0 Å².